The number of carbonyl (C=O) groups excluding carboxylic acids is 1. The molecule has 0 aliphatic rings. The number of hydrogen-bond donors (Lipinski definition) is 2. The summed E-state index contributed by atoms with van der Waals surface area (Å²) in [5, 5.41) is 0. The molecule has 3 nitrogen and oxygen atoms in total. The Hall–Kier alpha value is -2.16. The molecule has 0 fully saturated rings. The van der Waals surface area contributed by atoms with Gasteiger partial charge in [-0.1, -0.05) is 17.9 Å². The molecule has 90 valence electrons. The number of rotatable bonds is 1. The summed E-state index contributed by atoms with van der Waals surface area (Å²) in [5.74, 6) is 3.77. The van der Waals surface area contributed by atoms with Crippen LogP contribution < -0.4 is 11.5 Å². The van der Waals surface area contributed by atoms with E-state index in [4.69, 9.17) is 11.5 Å². The molecule has 0 bridgehead atoms. The van der Waals surface area contributed by atoms with Crippen molar-refractivity contribution in [2.24, 2.45) is 5.73 Å². The lowest BCUT2D eigenvalue weighted by Gasteiger charge is -2.10. The van der Waals surface area contributed by atoms with Crippen molar-refractivity contribution >= 4 is 11.6 Å². The van der Waals surface area contributed by atoms with E-state index in [-0.39, 0.29) is 17.7 Å². The van der Waals surface area contributed by atoms with Gasteiger partial charge >= 0.3 is 6.18 Å². The molecule has 0 atom stereocenters. The van der Waals surface area contributed by atoms with Crippen LogP contribution in [-0.4, -0.2) is 5.91 Å². The lowest BCUT2D eigenvalue weighted by Crippen LogP contribution is -2.10. The summed E-state index contributed by atoms with van der Waals surface area (Å²) in [4.78, 5) is 10.4. The van der Waals surface area contributed by atoms with E-state index < -0.39 is 17.6 Å². The monoisotopic (exact) mass is 242 g/mol. The quantitative estimate of drug-likeness (QED) is 0.579. The van der Waals surface area contributed by atoms with E-state index in [1.54, 1.807) is 0 Å². The minimum Gasteiger partial charge on any atom is -0.398 e. The van der Waals surface area contributed by atoms with Gasteiger partial charge in [-0.25, -0.2) is 0 Å². The van der Waals surface area contributed by atoms with Crippen molar-refractivity contribution in [1.82, 2.24) is 0 Å². The molecule has 0 aromatic heterocycles. The number of hydrogen-bond acceptors (Lipinski definition) is 2. The van der Waals surface area contributed by atoms with Crippen LogP contribution in [0, 0.1) is 11.8 Å². The fourth-order valence-corrected chi connectivity index (χ4v) is 1.17. The summed E-state index contributed by atoms with van der Waals surface area (Å²) in [5.41, 5.74) is 8.90. The third kappa shape index (κ3) is 3.41. The first-order chi connectivity index (χ1) is 7.82. The lowest BCUT2D eigenvalue weighted by atomic mass is 10.1. The molecule has 4 N–H and O–H groups in total. The minimum absolute atomic E-state index is 0.0863. The number of nitrogen functional groups attached to an aromatic ring is 1. The molecule has 1 amide bonds. The van der Waals surface area contributed by atoms with Crippen LogP contribution in [0.15, 0.2) is 18.2 Å². The summed E-state index contributed by atoms with van der Waals surface area (Å²) in [6.45, 7) is 0. The molecule has 0 unspecified atom stereocenters. The molecule has 0 saturated heterocycles. The van der Waals surface area contributed by atoms with E-state index >= 15 is 0 Å². The molecule has 0 aliphatic carbocycles. The molecule has 1 rings (SSSR count). The van der Waals surface area contributed by atoms with E-state index in [1.165, 1.54) is 12.1 Å². The maximum Gasteiger partial charge on any atom is 0.417 e. The summed E-state index contributed by atoms with van der Waals surface area (Å²) < 4.78 is 37.8. The zero-order chi connectivity index (χ0) is 13.1. The van der Waals surface area contributed by atoms with Crippen LogP contribution >= 0.6 is 0 Å². The third-order valence-corrected chi connectivity index (χ3v) is 1.88. The Kier molecular flexibility index (Phi) is 3.63. The first-order valence-corrected chi connectivity index (χ1v) is 4.55. The van der Waals surface area contributed by atoms with Gasteiger partial charge in [-0.2, -0.15) is 13.2 Å². The van der Waals surface area contributed by atoms with Crippen LogP contribution in [0.1, 0.15) is 17.5 Å². The summed E-state index contributed by atoms with van der Waals surface area (Å²) in [6, 6.07) is 3.38. The number of amides is 1. The number of halogens is 3. The smallest absolute Gasteiger partial charge is 0.398 e. The second-order valence-electron chi connectivity index (χ2n) is 3.21. The number of primary amides is 1. The van der Waals surface area contributed by atoms with Crippen LogP contribution in [0.3, 0.4) is 0 Å². The van der Waals surface area contributed by atoms with Gasteiger partial charge in [-0.15, -0.1) is 0 Å². The van der Waals surface area contributed by atoms with Crippen molar-refractivity contribution in [3.63, 3.8) is 0 Å². The highest BCUT2D eigenvalue weighted by Crippen LogP contribution is 2.33. The maximum atomic E-state index is 12.6. The highest BCUT2D eigenvalue weighted by Gasteiger charge is 2.33. The van der Waals surface area contributed by atoms with Gasteiger partial charge in [0, 0.05) is 5.69 Å². The van der Waals surface area contributed by atoms with E-state index in [0.717, 1.165) is 6.07 Å². The second kappa shape index (κ2) is 4.78. The molecular weight excluding hydrogens is 233 g/mol. The van der Waals surface area contributed by atoms with Gasteiger partial charge in [0.05, 0.1) is 17.5 Å². The predicted molar refractivity (Wildman–Crippen MR) is 56.5 cm³/mol. The molecule has 0 heterocycles. The maximum absolute atomic E-state index is 12.6. The average Bonchev–Trinajstić information content (AvgIpc) is 2.18. The van der Waals surface area contributed by atoms with Crippen molar-refractivity contribution in [2.75, 3.05) is 5.73 Å². The number of carbonyl (C=O) groups is 1. The van der Waals surface area contributed by atoms with E-state index in [2.05, 4.69) is 11.8 Å². The van der Waals surface area contributed by atoms with E-state index in [0.29, 0.717) is 0 Å². The summed E-state index contributed by atoms with van der Waals surface area (Å²) >= 11 is 0. The van der Waals surface area contributed by atoms with Gasteiger partial charge in [0.25, 0.3) is 0 Å². The Morgan fingerprint density at radius 3 is 2.53 bits per heavy atom. The highest BCUT2D eigenvalue weighted by molar-refractivity contribution is 5.77. The molecule has 17 heavy (non-hydrogen) atoms. The van der Waals surface area contributed by atoms with Crippen molar-refractivity contribution in [3.8, 4) is 11.8 Å². The van der Waals surface area contributed by atoms with Crippen LogP contribution in [0.2, 0.25) is 0 Å². The first-order valence-electron chi connectivity index (χ1n) is 4.55. The number of nitrogens with two attached hydrogens (primary N) is 2. The second-order valence-corrected chi connectivity index (χ2v) is 3.21. The average molecular weight is 242 g/mol. The minimum atomic E-state index is -4.54. The van der Waals surface area contributed by atoms with Crippen LogP contribution in [-0.2, 0) is 11.0 Å². The van der Waals surface area contributed by atoms with Crippen molar-refractivity contribution in [2.45, 2.75) is 12.6 Å². The Bertz CT molecular complexity index is 498. The molecular formula is C11H9F3N2O. The molecule has 0 aliphatic heterocycles. The fraction of sp³-hybridized carbons (Fsp3) is 0.182. The molecule has 6 heteroatoms. The number of benzene rings is 1. The highest BCUT2D eigenvalue weighted by atomic mass is 19.4. The number of alkyl halides is 3. The van der Waals surface area contributed by atoms with Crippen molar-refractivity contribution in [1.29, 1.82) is 0 Å². The third-order valence-electron chi connectivity index (χ3n) is 1.88. The zero-order valence-electron chi connectivity index (χ0n) is 8.64. The molecule has 1 aromatic rings. The molecule has 1 aromatic carbocycles. The molecule has 0 saturated carbocycles. The van der Waals surface area contributed by atoms with Gasteiger partial charge < -0.3 is 11.5 Å². The number of anilines is 1. The Labute approximate surface area is 95.6 Å². The molecule has 0 spiro atoms. The lowest BCUT2D eigenvalue weighted by molar-refractivity contribution is -0.137. The van der Waals surface area contributed by atoms with Gasteiger partial charge in [0.2, 0.25) is 5.91 Å². The SMILES string of the molecule is NC(=O)CC#Cc1c(N)cccc1C(F)(F)F. The Balaban J connectivity index is 3.20. The van der Waals surface area contributed by atoms with Crippen LogP contribution in [0.25, 0.3) is 0 Å². The van der Waals surface area contributed by atoms with Gasteiger partial charge in [-0.05, 0) is 12.1 Å². The first kappa shape index (κ1) is 12.9. The van der Waals surface area contributed by atoms with Gasteiger partial charge in [0.1, 0.15) is 0 Å². The zero-order valence-corrected chi connectivity index (χ0v) is 8.64. The summed E-state index contributed by atoms with van der Waals surface area (Å²) in [7, 11) is 0. The fourth-order valence-electron chi connectivity index (χ4n) is 1.17. The standard InChI is InChI=1S/C11H9F3N2O/c12-11(13,14)8-4-2-5-9(15)7(8)3-1-6-10(16)17/h2,4-5H,6,15H2,(H2,16,17). The van der Waals surface area contributed by atoms with Crippen LogP contribution in [0.4, 0.5) is 18.9 Å². The van der Waals surface area contributed by atoms with Gasteiger partial charge in [-0.3, -0.25) is 4.79 Å². The topological polar surface area (TPSA) is 69.1 Å². The summed E-state index contributed by atoms with van der Waals surface area (Å²) in [6.07, 6.45) is -4.85. The largest absolute Gasteiger partial charge is 0.417 e. The Morgan fingerprint density at radius 2 is 2.00 bits per heavy atom. The van der Waals surface area contributed by atoms with Crippen LogP contribution in [0.5, 0.6) is 0 Å². The van der Waals surface area contributed by atoms with Crippen molar-refractivity contribution < 1.29 is 18.0 Å². The van der Waals surface area contributed by atoms with E-state index in [1.807, 2.05) is 0 Å². The van der Waals surface area contributed by atoms with Gasteiger partial charge in [0.15, 0.2) is 0 Å². The molecule has 0 radical (unpaired) electrons. The Morgan fingerprint density at radius 1 is 1.35 bits per heavy atom. The van der Waals surface area contributed by atoms with Crippen molar-refractivity contribution in [3.05, 3.63) is 29.3 Å². The normalized spacial score (nSPS) is 10.5. The van der Waals surface area contributed by atoms with E-state index in [9.17, 15) is 18.0 Å². The predicted octanol–water partition coefficient (Wildman–Crippen LogP) is 1.51.